The van der Waals surface area contributed by atoms with E-state index in [1.54, 1.807) is 17.4 Å². The number of aromatic nitrogens is 1. The lowest BCUT2D eigenvalue weighted by molar-refractivity contribution is -0.132. The molecular weight excluding hydrogens is 350 g/mol. The number of ether oxygens (including phenoxy) is 1. The van der Waals surface area contributed by atoms with Crippen LogP contribution >= 0.6 is 11.3 Å². The Bertz CT molecular complexity index is 782. The fourth-order valence-corrected chi connectivity index (χ4v) is 3.61. The van der Waals surface area contributed by atoms with E-state index in [1.165, 1.54) is 11.3 Å². The maximum atomic E-state index is 12.5. The Kier molecular flexibility index (Phi) is 5.88. The van der Waals surface area contributed by atoms with Crippen LogP contribution in [0, 0.1) is 6.92 Å². The zero-order valence-corrected chi connectivity index (χ0v) is 15.9. The topological polar surface area (TPSA) is 62.7 Å². The van der Waals surface area contributed by atoms with Crippen molar-refractivity contribution in [2.24, 2.45) is 0 Å². The Morgan fingerprint density at radius 3 is 2.58 bits per heavy atom. The van der Waals surface area contributed by atoms with E-state index in [9.17, 15) is 9.59 Å². The summed E-state index contributed by atoms with van der Waals surface area (Å²) in [5.74, 6) is 0.890. The van der Waals surface area contributed by atoms with Gasteiger partial charge in [-0.2, -0.15) is 0 Å². The first-order valence-electron chi connectivity index (χ1n) is 8.69. The van der Waals surface area contributed by atoms with Crippen LogP contribution < -0.4 is 4.74 Å². The van der Waals surface area contributed by atoms with Gasteiger partial charge in [0.15, 0.2) is 0 Å². The number of thiazole rings is 1. The van der Waals surface area contributed by atoms with E-state index < -0.39 is 0 Å². The molecule has 1 saturated heterocycles. The van der Waals surface area contributed by atoms with E-state index in [0.29, 0.717) is 44.7 Å². The second-order valence-corrected chi connectivity index (χ2v) is 7.34. The van der Waals surface area contributed by atoms with Crippen molar-refractivity contribution in [2.45, 2.75) is 19.8 Å². The molecule has 0 aliphatic carbocycles. The predicted molar refractivity (Wildman–Crippen MR) is 101 cm³/mol. The van der Waals surface area contributed by atoms with E-state index in [0.717, 1.165) is 16.3 Å². The lowest BCUT2D eigenvalue weighted by Crippen LogP contribution is -2.50. The van der Waals surface area contributed by atoms with Gasteiger partial charge in [0.05, 0.1) is 12.1 Å². The van der Waals surface area contributed by atoms with Crippen LogP contribution in [0.1, 0.15) is 27.5 Å². The molecule has 1 aliphatic rings. The molecule has 138 valence electrons. The zero-order valence-electron chi connectivity index (χ0n) is 15.1. The number of hydrogen-bond acceptors (Lipinski definition) is 5. The molecule has 1 aromatic heterocycles. The quantitative estimate of drug-likeness (QED) is 0.807. The molecule has 2 aromatic rings. The van der Waals surface area contributed by atoms with E-state index in [4.69, 9.17) is 4.74 Å². The third kappa shape index (κ3) is 4.40. The Hall–Kier alpha value is -2.41. The fourth-order valence-electron chi connectivity index (χ4n) is 3.02. The van der Waals surface area contributed by atoms with Crippen molar-refractivity contribution in [2.75, 3.05) is 33.3 Å². The molecule has 0 unspecified atom stereocenters. The number of methoxy groups -OCH3 is 1. The molecule has 1 aromatic carbocycles. The molecule has 7 heteroatoms. The molecule has 26 heavy (non-hydrogen) atoms. The molecule has 1 fully saturated rings. The summed E-state index contributed by atoms with van der Waals surface area (Å²) in [6.07, 6.45) is 1.15. The highest BCUT2D eigenvalue weighted by atomic mass is 32.1. The minimum Gasteiger partial charge on any atom is -0.497 e. The van der Waals surface area contributed by atoms with Crippen molar-refractivity contribution in [3.8, 4) is 5.75 Å². The van der Waals surface area contributed by atoms with E-state index in [-0.39, 0.29) is 11.8 Å². The van der Waals surface area contributed by atoms with Gasteiger partial charge in [-0.05, 0) is 31.0 Å². The summed E-state index contributed by atoms with van der Waals surface area (Å²) in [6, 6.07) is 7.79. The molecular formula is C19H23N3O3S. The number of piperazine rings is 1. The zero-order chi connectivity index (χ0) is 18.5. The highest BCUT2D eigenvalue weighted by Gasteiger charge is 2.25. The van der Waals surface area contributed by atoms with Gasteiger partial charge in [0, 0.05) is 38.0 Å². The number of carbonyl (C=O) groups is 2. The Morgan fingerprint density at radius 2 is 1.92 bits per heavy atom. The Morgan fingerprint density at radius 1 is 1.19 bits per heavy atom. The normalized spacial score (nSPS) is 14.4. The summed E-state index contributed by atoms with van der Waals surface area (Å²) in [5, 5.41) is 2.68. The number of benzene rings is 1. The summed E-state index contributed by atoms with van der Waals surface area (Å²) < 4.78 is 5.21. The van der Waals surface area contributed by atoms with Crippen molar-refractivity contribution in [1.29, 1.82) is 0 Å². The maximum Gasteiger partial charge on any atom is 0.273 e. The second kappa shape index (κ2) is 8.31. The smallest absolute Gasteiger partial charge is 0.273 e. The van der Waals surface area contributed by atoms with Gasteiger partial charge in [-0.15, -0.1) is 11.3 Å². The minimum atomic E-state index is -0.0437. The molecule has 0 atom stereocenters. The van der Waals surface area contributed by atoms with Crippen LogP contribution in [0.15, 0.2) is 29.6 Å². The molecule has 0 radical (unpaired) electrons. The fraction of sp³-hybridized carbons (Fsp3) is 0.421. The number of amides is 2. The van der Waals surface area contributed by atoms with Crippen molar-refractivity contribution < 1.29 is 14.3 Å². The maximum absolute atomic E-state index is 12.5. The summed E-state index contributed by atoms with van der Waals surface area (Å²) in [6.45, 7) is 4.15. The number of rotatable bonds is 5. The van der Waals surface area contributed by atoms with Gasteiger partial charge in [0.25, 0.3) is 5.91 Å². The first-order valence-corrected chi connectivity index (χ1v) is 9.57. The van der Waals surface area contributed by atoms with Gasteiger partial charge in [-0.3, -0.25) is 9.59 Å². The van der Waals surface area contributed by atoms with Gasteiger partial charge in [0.2, 0.25) is 5.91 Å². The average molecular weight is 373 g/mol. The second-order valence-electron chi connectivity index (χ2n) is 6.28. The van der Waals surface area contributed by atoms with Crippen molar-refractivity contribution in [1.82, 2.24) is 14.8 Å². The highest BCUT2D eigenvalue weighted by Crippen LogP contribution is 2.16. The van der Waals surface area contributed by atoms with Gasteiger partial charge >= 0.3 is 0 Å². The minimum absolute atomic E-state index is 0.0437. The van der Waals surface area contributed by atoms with Crippen LogP contribution in [0.5, 0.6) is 5.75 Å². The standard InChI is InChI=1S/C19H23N3O3S/c1-14-20-17(13-26-14)19(24)22-10-8-21(9-11-22)18(23)7-6-15-4-3-5-16(12-15)25-2/h3-5,12-13H,6-11H2,1-2H3. The first kappa shape index (κ1) is 18.4. The van der Waals surface area contributed by atoms with E-state index >= 15 is 0 Å². The molecule has 0 saturated carbocycles. The van der Waals surface area contributed by atoms with Crippen molar-refractivity contribution in [3.63, 3.8) is 0 Å². The Balaban J connectivity index is 1.48. The number of nitrogens with zero attached hydrogens (tertiary/aromatic N) is 3. The van der Waals surface area contributed by atoms with Crippen LogP contribution in [0.3, 0.4) is 0 Å². The lowest BCUT2D eigenvalue weighted by Gasteiger charge is -2.34. The van der Waals surface area contributed by atoms with Gasteiger partial charge < -0.3 is 14.5 Å². The molecule has 0 N–H and O–H groups in total. The number of hydrogen-bond donors (Lipinski definition) is 0. The van der Waals surface area contributed by atoms with Crippen LogP contribution in [0.4, 0.5) is 0 Å². The van der Waals surface area contributed by atoms with Crippen molar-refractivity contribution in [3.05, 3.63) is 45.9 Å². The van der Waals surface area contributed by atoms with Crippen LogP contribution in [0.2, 0.25) is 0 Å². The number of carbonyl (C=O) groups excluding carboxylic acids is 2. The summed E-state index contributed by atoms with van der Waals surface area (Å²) in [4.78, 5) is 32.7. The van der Waals surface area contributed by atoms with Crippen LogP contribution in [0.25, 0.3) is 0 Å². The summed E-state index contributed by atoms with van der Waals surface area (Å²) >= 11 is 1.48. The SMILES string of the molecule is COc1cccc(CCC(=O)N2CCN(C(=O)c3csc(C)n3)CC2)c1. The molecule has 0 spiro atoms. The first-order chi connectivity index (χ1) is 12.6. The predicted octanol–water partition coefficient (Wildman–Crippen LogP) is 2.38. The molecule has 2 heterocycles. The summed E-state index contributed by atoms with van der Waals surface area (Å²) in [5.41, 5.74) is 1.59. The largest absolute Gasteiger partial charge is 0.497 e. The van der Waals surface area contributed by atoms with Crippen molar-refractivity contribution >= 4 is 23.2 Å². The van der Waals surface area contributed by atoms with E-state index in [2.05, 4.69) is 4.98 Å². The van der Waals surface area contributed by atoms with Gasteiger partial charge in [-0.1, -0.05) is 12.1 Å². The number of aryl methyl sites for hydroxylation is 2. The monoisotopic (exact) mass is 373 g/mol. The molecule has 2 amide bonds. The third-order valence-corrected chi connectivity index (χ3v) is 5.29. The van der Waals surface area contributed by atoms with Crippen LogP contribution in [-0.4, -0.2) is 59.9 Å². The van der Waals surface area contributed by atoms with Crippen LogP contribution in [-0.2, 0) is 11.2 Å². The third-order valence-electron chi connectivity index (χ3n) is 4.52. The summed E-state index contributed by atoms with van der Waals surface area (Å²) in [7, 11) is 1.64. The average Bonchev–Trinajstić information content (AvgIpc) is 3.12. The van der Waals surface area contributed by atoms with Gasteiger partial charge in [-0.25, -0.2) is 4.98 Å². The highest BCUT2D eigenvalue weighted by molar-refractivity contribution is 7.09. The molecule has 6 nitrogen and oxygen atoms in total. The molecule has 0 bridgehead atoms. The molecule has 3 rings (SSSR count). The molecule has 1 aliphatic heterocycles. The van der Waals surface area contributed by atoms with Gasteiger partial charge in [0.1, 0.15) is 11.4 Å². The Labute approximate surface area is 157 Å². The van der Waals surface area contributed by atoms with E-state index in [1.807, 2.05) is 36.1 Å². The lowest BCUT2D eigenvalue weighted by atomic mass is 10.1.